The highest BCUT2D eigenvalue weighted by molar-refractivity contribution is 5.76. The Balaban J connectivity index is 1.53. The van der Waals surface area contributed by atoms with Crippen LogP contribution in [0.5, 0.6) is 5.75 Å². The van der Waals surface area contributed by atoms with Gasteiger partial charge in [0.25, 0.3) is 0 Å². The number of amides is 2. The summed E-state index contributed by atoms with van der Waals surface area (Å²) in [5.74, 6) is 0.827. The summed E-state index contributed by atoms with van der Waals surface area (Å²) in [5.41, 5.74) is 3.48. The Labute approximate surface area is 147 Å². The molecule has 0 radical (unpaired) electrons. The Morgan fingerprint density at radius 3 is 2.76 bits per heavy atom. The number of hydrogen-bond acceptors (Lipinski definition) is 3. The second kappa shape index (κ2) is 6.76. The summed E-state index contributed by atoms with van der Waals surface area (Å²) in [6.07, 6.45) is 1.86. The lowest BCUT2D eigenvalue weighted by Gasteiger charge is -2.30. The fourth-order valence-corrected chi connectivity index (χ4v) is 3.88. The fraction of sp³-hybridized carbons (Fsp3) is 0.350. The maximum Gasteiger partial charge on any atom is 0.318 e. The summed E-state index contributed by atoms with van der Waals surface area (Å²) in [6.45, 7) is 0.712. The van der Waals surface area contributed by atoms with Crippen LogP contribution < -0.4 is 10.1 Å². The largest absolute Gasteiger partial charge is 0.491 e. The molecule has 0 bridgehead atoms. The maximum absolute atomic E-state index is 12.9. The number of carbonyl (C=O) groups is 1. The number of ether oxygens (including phenoxy) is 1. The summed E-state index contributed by atoms with van der Waals surface area (Å²) in [4.78, 5) is 14.7. The zero-order chi connectivity index (χ0) is 17.2. The lowest BCUT2D eigenvalue weighted by atomic mass is 10.1. The van der Waals surface area contributed by atoms with Crippen LogP contribution in [0.1, 0.15) is 35.2 Å². The van der Waals surface area contributed by atoms with Crippen molar-refractivity contribution in [3.63, 3.8) is 0 Å². The monoisotopic (exact) mass is 338 g/mol. The van der Waals surface area contributed by atoms with E-state index in [-0.39, 0.29) is 24.7 Å². The van der Waals surface area contributed by atoms with E-state index in [1.165, 1.54) is 11.1 Å². The number of aliphatic hydroxyl groups excluding tert-OH is 1. The molecule has 4 rings (SSSR count). The lowest BCUT2D eigenvalue weighted by Crippen LogP contribution is -2.44. The van der Waals surface area contributed by atoms with E-state index in [2.05, 4.69) is 17.4 Å². The molecule has 0 fully saturated rings. The number of nitrogens with one attached hydrogen (secondary N) is 1. The summed E-state index contributed by atoms with van der Waals surface area (Å²) >= 11 is 0. The summed E-state index contributed by atoms with van der Waals surface area (Å²) < 4.78 is 5.65. The molecule has 1 aliphatic carbocycles. The average Bonchev–Trinajstić information content (AvgIpc) is 3.24. The molecule has 2 aliphatic rings. The number of nitrogens with zero attached hydrogens (tertiary/aromatic N) is 1. The molecule has 1 aliphatic heterocycles. The van der Waals surface area contributed by atoms with Crippen molar-refractivity contribution < 1.29 is 14.6 Å². The van der Waals surface area contributed by atoms with E-state index in [1.807, 2.05) is 36.4 Å². The van der Waals surface area contributed by atoms with Gasteiger partial charge in [-0.3, -0.25) is 0 Å². The molecule has 5 heteroatoms. The van der Waals surface area contributed by atoms with Crippen molar-refractivity contribution >= 4 is 6.03 Å². The first-order chi connectivity index (χ1) is 12.3. The Kier molecular flexibility index (Phi) is 4.32. The van der Waals surface area contributed by atoms with Crippen LogP contribution in [0.3, 0.4) is 0 Å². The minimum atomic E-state index is -0.152. The van der Waals surface area contributed by atoms with E-state index in [0.29, 0.717) is 13.2 Å². The molecule has 0 saturated carbocycles. The normalized spacial score (nSPS) is 20.5. The van der Waals surface area contributed by atoms with Crippen LogP contribution in [-0.2, 0) is 6.42 Å². The van der Waals surface area contributed by atoms with Gasteiger partial charge >= 0.3 is 6.03 Å². The fourth-order valence-electron chi connectivity index (χ4n) is 3.88. The number of carbonyl (C=O) groups excluding carboxylic acids is 1. The van der Waals surface area contributed by atoms with Crippen molar-refractivity contribution in [3.05, 3.63) is 65.2 Å². The van der Waals surface area contributed by atoms with E-state index in [1.54, 1.807) is 4.90 Å². The lowest BCUT2D eigenvalue weighted by molar-refractivity contribution is 0.147. The number of aliphatic hydroxyl groups is 1. The molecule has 2 aromatic rings. The second-order valence-corrected chi connectivity index (χ2v) is 6.52. The van der Waals surface area contributed by atoms with Gasteiger partial charge in [-0.15, -0.1) is 0 Å². The van der Waals surface area contributed by atoms with Crippen molar-refractivity contribution in [3.8, 4) is 5.75 Å². The van der Waals surface area contributed by atoms with Crippen LogP contribution in [0.4, 0.5) is 4.79 Å². The van der Waals surface area contributed by atoms with Crippen molar-refractivity contribution in [2.75, 3.05) is 19.8 Å². The third-order valence-corrected chi connectivity index (χ3v) is 5.08. The minimum absolute atomic E-state index is 0.0147. The second-order valence-electron chi connectivity index (χ2n) is 6.52. The number of rotatable bonds is 4. The predicted molar refractivity (Wildman–Crippen MR) is 94.5 cm³/mol. The molecule has 1 heterocycles. The topological polar surface area (TPSA) is 61.8 Å². The van der Waals surface area contributed by atoms with Gasteiger partial charge < -0.3 is 20.1 Å². The zero-order valence-corrected chi connectivity index (χ0v) is 14.0. The van der Waals surface area contributed by atoms with Gasteiger partial charge in [0.15, 0.2) is 0 Å². The van der Waals surface area contributed by atoms with Crippen molar-refractivity contribution in [1.29, 1.82) is 0 Å². The van der Waals surface area contributed by atoms with Crippen LogP contribution >= 0.6 is 0 Å². The van der Waals surface area contributed by atoms with Crippen LogP contribution in [0.15, 0.2) is 48.5 Å². The van der Waals surface area contributed by atoms with E-state index < -0.39 is 0 Å². The first kappa shape index (κ1) is 16.0. The highest BCUT2D eigenvalue weighted by atomic mass is 16.5. The quantitative estimate of drug-likeness (QED) is 0.901. The maximum atomic E-state index is 12.9. The highest BCUT2D eigenvalue weighted by Gasteiger charge is 2.33. The molecule has 0 saturated heterocycles. The highest BCUT2D eigenvalue weighted by Crippen LogP contribution is 2.36. The minimum Gasteiger partial charge on any atom is -0.491 e. The van der Waals surface area contributed by atoms with Gasteiger partial charge in [0.1, 0.15) is 12.4 Å². The smallest absolute Gasteiger partial charge is 0.318 e. The van der Waals surface area contributed by atoms with E-state index in [4.69, 9.17) is 4.74 Å². The Morgan fingerprint density at radius 1 is 1.16 bits per heavy atom. The van der Waals surface area contributed by atoms with Crippen molar-refractivity contribution in [2.45, 2.75) is 24.9 Å². The van der Waals surface area contributed by atoms with Gasteiger partial charge in [-0.05, 0) is 30.0 Å². The SMILES string of the molecule is O=C(NC1COc2ccccc21)N(CCO)C1CCc2ccccc21. The molecule has 2 aromatic carbocycles. The first-order valence-electron chi connectivity index (χ1n) is 8.75. The molecule has 2 N–H and O–H groups in total. The molecular weight excluding hydrogens is 316 g/mol. The van der Waals surface area contributed by atoms with Crippen molar-refractivity contribution in [2.24, 2.45) is 0 Å². The number of para-hydroxylation sites is 1. The molecule has 5 nitrogen and oxygen atoms in total. The third kappa shape index (κ3) is 2.96. The molecule has 2 unspecified atom stereocenters. The first-order valence-corrected chi connectivity index (χ1v) is 8.75. The summed E-state index contributed by atoms with van der Waals surface area (Å²) in [7, 11) is 0. The van der Waals surface area contributed by atoms with Crippen molar-refractivity contribution in [1.82, 2.24) is 10.2 Å². The number of urea groups is 1. The van der Waals surface area contributed by atoms with Gasteiger partial charge in [0.2, 0.25) is 0 Å². The molecule has 0 aromatic heterocycles. The predicted octanol–water partition coefficient (Wildman–Crippen LogP) is 2.81. The molecule has 130 valence electrons. The number of fused-ring (bicyclic) bond motifs is 2. The van der Waals surface area contributed by atoms with Crippen LogP contribution in [0.2, 0.25) is 0 Å². The van der Waals surface area contributed by atoms with E-state index in [9.17, 15) is 9.90 Å². The molecular formula is C20H22N2O3. The van der Waals surface area contributed by atoms with Gasteiger partial charge in [-0.25, -0.2) is 4.79 Å². The molecule has 2 amide bonds. The van der Waals surface area contributed by atoms with E-state index in [0.717, 1.165) is 24.2 Å². The van der Waals surface area contributed by atoms with Gasteiger partial charge in [-0.2, -0.15) is 0 Å². The standard InChI is InChI=1S/C20H22N2O3/c23-12-11-22(18-10-9-14-5-1-2-6-15(14)18)20(24)21-17-13-25-19-8-4-3-7-16(17)19/h1-8,17-18,23H,9-13H2,(H,21,24). The third-order valence-electron chi connectivity index (χ3n) is 5.08. The Hall–Kier alpha value is -2.53. The van der Waals surface area contributed by atoms with Gasteiger partial charge in [0, 0.05) is 12.1 Å². The molecule has 0 spiro atoms. The number of hydrogen-bond donors (Lipinski definition) is 2. The van der Waals surface area contributed by atoms with Crippen LogP contribution in [0, 0.1) is 0 Å². The van der Waals surface area contributed by atoms with Gasteiger partial charge in [0.05, 0.1) is 18.7 Å². The zero-order valence-electron chi connectivity index (χ0n) is 14.0. The number of aryl methyl sites for hydroxylation is 1. The van der Waals surface area contributed by atoms with Crippen LogP contribution in [0.25, 0.3) is 0 Å². The van der Waals surface area contributed by atoms with E-state index >= 15 is 0 Å². The number of benzene rings is 2. The Morgan fingerprint density at radius 2 is 1.92 bits per heavy atom. The molecule has 25 heavy (non-hydrogen) atoms. The summed E-state index contributed by atoms with van der Waals surface area (Å²) in [5, 5.41) is 12.5. The Bertz CT molecular complexity index is 777. The van der Waals surface area contributed by atoms with Gasteiger partial charge in [-0.1, -0.05) is 42.5 Å². The summed E-state index contributed by atoms with van der Waals surface area (Å²) in [6, 6.07) is 15.7. The van der Waals surface area contributed by atoms with Crippen LogP contribution in [-0.4, -0.2) is 35.8 Å². The molecule has 2 atom stereocenters. The average molecular weight is 338 g/mol.